The summed E-state index contributed by atoms with van der Waals surface area (Å²) < 4.78 is 0. The molecule has 0 aliphatic carbocycles. The average Bonchev–Trinajstić information content (AvgIpc) is 2.57. The summed E-state index contributed by atoms with van der Waals surface area (Å²) in [6.45, 7) is 8.02. The number of pyridine rings is 1. The van der Waals surface area contributed by atoms with E-state index >= 15 is 0 Å². The Morgan fingerprint density at radius 2 is 1.82 bits per heavy atom. The normalized spacial score (nSPS) is 16.8. The minimum atomic E-state index is 1.12. The van der Waals surface area contributed by atoms with Crippen LogP contribution in [-0.2, 0) is 0 Å². The van der Waals surface area contributed by atoms with E-state index in [1.54, 1.807) is 4.90 Å². The average molecular weight is 295 g/mol. The maximum Gasteiger partial charge on any atom is 0.274 e. The Balaban J connectivity index is 1.53. The quantitative estimate of drug-likeness (QED) is 0.902. The fourth-order valence-corrected chi connectivity index (χ4v) is 3.10. The van der Waals surface area contributed by atoms with Gasteiger partial charge in [0.15, 0.2) is 0 Å². The van der Waals surface area contributed by atoms with E-state index in [2.05, 4.69) is 65.3 Å². The van der Waals surface area contributed by atoms with Crippen molar-refractivity contribution in [2.75, 3.05) is 37.6 Å². The van der Waals surface area contributed by atoms with Crippen molar-refractivity contribution in [1.29, 1.82) is 0 Å². The predicted molar refractivity (Wildman–Crippen MR) is 90.9 cm³/mol. The Bertz CT molecular complexity index is 599. The van der Waals surface area contributed by atoms with Crippen LogP contribution in [0.25, 0.3) is 6.08 Å². The van der Waals surface area contributed by atoms with Gasteiger partial charge in [0.1, 0.15) is 26.2 Å². The van der Waals surface area contributed by atoms with Crippen LogP contribution < -0.4 is 14.8 Å². The maximum atomic E-state index is 3.33. The molecular weight excluding hydrogens is 270 g/mol. The number of rotatable bonds is 4. The summed E-state index contributed by atoms with van der Waals surface area (Å²) in [7, 11) is 0. The third-order valence-electron chi connectivity index (χ3n) is 4.25. The lowest BCUT2D eigenvalue weighted by Gasteiger charge is -2.28. The molecule has 3 rings (SSSR count). The molecule has 1 aliphatic heterocycles. The third kappa shape index (κ3) is 3.95. The Labute approximate surface area is 132 Å². The molecule has 1 aromatic carbocycles. The number of anilines is 1. The van der Waals surface area contributed by atoms with Gasteiger partial charge in [-0.3, -0.25) is 4.90 Å². The number of hydrogen-bond acceptors (Lipinski definition) is 1. The molecule has 114 valence electrons. The van der Waals surface area contributed by atoms with Crippen LogP contribution in [0.4, 0.5) is 5.82 Å². The first kappa shape index (κ1) is 14.8. The molecule has 2 N–H and O–H groups in total. The lowest BCUT2D eigenvalue weighted by Crippen LogP contribution is -3.15. The van der Waals surface area contributed by atoms with Crippen LogP contribution in [0.2, 0.25) is 0 Å². The zero-order chi connectivity index (χ0) is 15.2. The van der Waals surface area contributed by atoms with Gasteiger partial charge in [-0.05, 0) is 24.1 Å². The maximum absolute atomic E-state index is 3.33. The molecule has 0 spiro atoms. The molecule has 2 heterocycles. The standard InChI is InChI=1S/C19H23N3/c1-17(15-18-7-3-2-4-8-18)16-21-11-13-22(14-12-21)19-9-5-6-10-20-19/h2-10,15H,11-14,16H2,1H3/p+2/b17-15+. The minimum absolute atomic E-state index is 1.12. The monoisotopic (exact) mass is 295 g/mol. The Morgan fingerprint density at radius 1 is 1.09 bits per heavy atom. The predicted octanol–water partition coefficient (Wildman–Crippen LogP) is 1.31. The molecule has 0 unspecified atom stereocenters. The van der Waals surface area contributed by atoms with E-state index in [4.69, 9.17) is 0 Å². The van der Waals surface area contributed by atoms with Crippen LogP contribution in [0.1, 0.15) is 12.5 Å². The van der Waals surface area contributed by atoms with Gasteiger partial charge in [-0.2, -0.15) is 0 Å². The summed E-state index contributed by atoms with van der Waals surface area (Å²) in [5.74, 6) is 1.23. The van der Waals surface area contributed by atoms with Crippen molar-refractivity contribution >= 4 is 11.9 Å². The summed E-state index contributed by atoms with van der Waals surface area (Å²) in [5, 5.41) is 0. The van der Waals surface area contributed by atoms with E-state index in [9.17, 15) is 0 Å². The number of H-pyrrole nitrogens is 1. The lowest BCUT2D eigenvalue weighted by atomic mass is 10.1. The molecule has 22 heavy (non-hydrogen) atoms. The number of aromatic amines is 1. The minimum Gasteiger partial charge on any atom is -0.325 e. The topological polar surface area (TPSA) is 21.8 Å². The summed E-state index contributed by atoms with van der Waals surface area (Å²) in [6.07, 6.45) is 4.31. The van der Waals surface area contributed by atoms with Gasteiger partial charge in [0, 0.05) is 6.07 Å². The number of nitrogens with zero attached hydrogens (tertiary/aromatic N) is 1. The summed E-state index contributed by atoms with van der Waals surface area (Å²) in [4.78, 5) is 7.45. The molecular formula is C19H25N3+2. The Kier molecular flexibility index (Phi) is 4.86. The van der Waals surface area contributed by atoms with E-state index in [0.717, 1.165) is 19.6 Å². The van der Waals surface area contributed by atoms with Gasteiger partial charge in [0.25, 0.3) is 5.82 Å². The molecule has 3 heteroatoms. The van der Waals surface area contributed by atoms with E-state index in [0.29, 0.717) is 0 Å². The third-order valence-corrected chi connectivity index (χ3v) is 4.25. The van der Waals surface area contributed by atoms with E-state index in [1.807, 2.05) is 12.3 Å². The highest BCUT2D eigenvalue weighted by molar-refractivity contribution is 5.52. The fourth-order valence-electron chi connectivity index (χ4n) is 3.10. The molecule has 1 aromatic heterocycles. The Hall–Kier alpha value is -2.13. The van der Waals surface area contributed by atoms with Gasteiger partial charge in [0.05, 0.1) is 12.7 Å². The first-order chi connectivity index (χ1) is 10.8. The number of hydrogen-bond donors (Lipinski definition) is 1. The van der Waals surface area contributed by atoms with Crippen molar-refractivity contribution in [3.8, 4) is 0 Å². The highest BCUT2D eigenvalue weighted by Gasteiger charge is 2.25. The number of benzene rings is 1. The molecule has 0 saturated carbocycles. The van der Waals surface area contributed by atoms with E-state index in [1.165, 1.54) is 30.0 Å². The van der Waals surface area contributed by atoms with Gasteiger partial charge < -0.3 is 4.90 Å². The zero-order valence-electron chi connectivity index (χ0n) is 13.3. The largest absolute Gasteiger partial charge is 0.325 e. The van der Waals surface area contributed by atoms with Gasteiger partial charge in [-0.1, -0.05) is 42.5 Å². The van der Waals surface area contributed by atoms with Gasteiger partial charge >= 0.3 is 0 Å². The summed E-state index contributed by atoms with van der Waals surface area (Å²) >= 11 is 0. The number of piperazine rings is 1. The van der Waals surface area contributed by atoms with Crippen molar-refractivity contribution < 1.29 is 9.88 Å². The van der Waals surface area contributed by atoms with Crippen molar-refractivity contribution in [3.05, 3.63) is 65.9 Å². The second-order valence-electron chi connectivity index (χ2n) is 6.06. The molecule has 0 amide bonds. The van der Waals surface area contributed by atoms with Crippen molar-refractivity contribution in [1.82, 2.24) is 0 Å². The molecule has 1 saturated heterocycles. The molecule has 3 nitrogen and oxygen atoms in total. The fraction of sp³-hybridized carbons (Fsp3) is 0.316. The second kappa shape index (κ2) is 7.23. The zero-order valence-corrected chi connectivity index (χ0v) is 13.3. The van der Waals surface area contributed by atoms with Crippen molar-refractivity contribution in [3.63, 3.8) is 0 Å². The first-order valence-corrected chi connectivity index (χ1v) is 8.09. The molecule has 0 atom stereocenters. The highest BCUT2D eigenvalue weighted by Crippen LogP contribution is 2.06. The summed E-state index contributed by atoms with van der Waals surface area (Å²) in [6, 6.07) is 16.9. The van der Waals surface area contributed by atoms with Crippen LogP contribution in [-0.4, -0.2) is 32.7 Å². The molecule has 1 fully saturated rings. The van der Waals surface area contributed by atoms with Crippen LogP contribution in [0, 0.1) is 0 Å². The molecule has 1 aliphatic rings. The van der Waals surface area contributed by atoms with Crippen LogP contribution in [0.3, 0.4) is 0 Å². The van der Waals surface area contributed by atoms with Crippen molar-refractivity contribution in [2.24, 2.45) is 0 Å². The summed E-state index contributed by atoms with van der Waals surface area (Å²) in [5.41, 5.74) is 2.76. The number of aromatic nitrogens is 1. The highest BCUT2D eigenvalue weighted by atomic mass is 15.3. The van der Waals surface area contributed by atoms with Gasteiger partial charge in [-0.15, -0.1) is 0 Å². The molecule has 2 aromatic rings. The lowest BCUT2D eigenvalue weighted by molar-refractivity contribution is -0.895. The molecule has 0 bridgehead atoms. The number of quaternary nitrogens is 1. The smallest absolute Gasteiger partial charge is 0.274 e. The van der Waals surface area contributed by atoms with Gasteiger partial charge in [-0.25, -0.2) is 4.98 Å². The van der Waals surface area contributed by atoms with Gasteiger partial charge in [0.2, 0.25) is 0 Å². The second-order valence-corrected chi connectivity index (χ2v) is 6.06. The van der Waals surface area contributed by atoms with Crippen LogP contribution in [0.5, 0.6) is 0 Å². The SMILES string of the molecule is C/C(=C\c1ccccc1)C[NH+]1CCN(c2cccc[nH+]2)CC1. The molecule has 0 radical (unpaired) electrons. The number of nitrogens with one attached hydrogen (secondary N) is 2. The van der Waals surface area contributed by atoms with Crippen LogP contribution in [0.15, 0.2) is 60.3 Å². The van der Waals surface area contributed by atoms with Crippen LogP contribution >= 0.6 is 0 Å². The Morgan fingerprint density at radius 3 is 2.50 bits per heavy atom. The van der Waals surface area contributed by atoms with E-state index in [-0.39, 0.29) is 0 Å². The van der Waals surface area contributed by atoms with E-state index < -0.39 is 0 Å². The van der Waals surface area contributed by atoms with Crippen molar-refractivity contribution in [2.45, 2.75) is 6.92 Å². The first-order valence-electron chi connectivity index (χ1n) is 8.09.